The highest BCUT2D eigenvalue weighted by atomic mass is 32.1. The molecule has 7 nitrogen and oxygen atoms in total. The van der Waals surface area contributed by atoms with Crippen LogP contribution in [0.15, 0.2) is 48.5 Å². The van der Waals surface area contributed by atoms with Gasteiger partial charge in [-0.05, 0) is 146 Å². The van der Waals surface area contributed by atoms with Crippen molar-refractivity contribution in [3.63, 3.8) is 0 Å². The van der Waals surface area contributed by atoms with Gasteiger partial charge in [-0.3, -0.25) is 14.4 Å². The molecule has 6 rings (SSSR count). The number of aliphatic hydroxyl groups is 1. The number of hydrogen-bond acceptors (Lipinski definition) is 9. The van der Waals surface area contributed by atoms with E-state index >= 15 is 0 Å². The van der Waals surface area contributed by atoms with Gasteiger partial charge in [0.2, 0.25) is 0 Å². The highest BCUT2D eigenvalue weighted by molar-refractivity contribution is 7.31. The summed E-state index contributed by atoms with van der Waals surface area (Å²) in [6.07, 6.45) is 0.483. The summed E-state index contributed by atoms with van der Waals surface area (Å²) in [6, 6.07) is 16.6. The zero-order valence-electron chi connectivity index (χ0n) is 30.5. The van der Waals surface area contributed by atoms with E-state index in [0.717, 1.165) is 52.5 Å². The second-order valence-corrected chi connectivity index (χ2v) is 18.9. The van der Waals surface area contributed by atoms with Crippen molar-refractivity contribution >= 4 is 50.0 Å². The van der Waals surface area contributed by atoms with Gasteiger partial charge in [-0.1, -0.05) is 24.3 Å². The number of carbonyl (C=O) groups excluding carboxylic acids is 3. The highest BCUT2D eigenvalue weighted by Crippen LogP contribution is 2.47. The lowest BCUT2D eigenvalue weighted by Gasteiger charge is -2.34. The molecule has 2 aromatic heterocycles. The average Bonchev–Trinajstić information content (AvgIpc) is 3.62. The lowest BCUT2D eigenvalue weighted by Crippen LogP contribution is -2.30. The molecule has 2 aliphatic rings. The largest absolute Gasteiger partial charge is 0.457 e. The van der Waals surface area contributed by atoms with Gasteiger partial charge in [0.15, 0.2) is 0 Å². The van der Waals surface area contributed by atoms with Crippen molar-refractivity contribution in [3.05, 3.63) is 70.8 Å². The van der Waals surface area contributed by atoms with Crippen molar-refractivity contribution in [1.29, 1.82) is 0 Å². The first-order valence-corrected chi connectivity index (χ1v) is 19.1. The first-order chi connectivity index (χ1) is 23.3. The topological polar surface area (TPSA) is 99.1 Å². The van der Waals surface area contributed by atoms with Crippen LogP contribution in [-0.2, 0) is 28.6 Å². The minimum Gasteiger partial charge on any atom is -0.457 e. The highest BCUT2D eigenvalue weighted by Gasteiger charge is 2.37. The number of fused-ring (bicyclic) bond motifs is 3. The monoisotopic (exact) mass is 716 g/mol. The van der Waals surface area contributed by atoms with Crippen LogP contribution in [0.25, 0.3) is 30.3 Å². The quantitative estimate of drug-likeness (QED) is 0.162. The summed E-state index contributed by atoms with van der Waals surface area (Å²) < 4.78 is 20.3. The summed E-state index contributed by atoms with van der Waals surface area (Å²) in [7, 11) is 0. The average molecular weight is 717 g/mol. The van der Waals surface area contributed by atoms with Crippen molar-refractivity contribution in [1.82, 2.24) is 0 Å². The molecule has 1 N–H and O–H groups in total. The zero-order valence-corrected chi connectivity index (χ0v) is 32.1. The molecule has 50 heavy (non-hydrogen) atoms. The van der Waals surface area contributed by atoms with Gasteiger partial charge < -0.3 is 19.3 Å². The van der Waals surface area contributed by atoms with Crippen LogP contribution in [0.4, 0.5) is 0 Å². The van der Waals surface area contributed by atoms with Crippen molar-refractivity contribution < 1.29 is 33.7 Å². The van der Waals surface area contributed by atoms with Gasteiger partial charge in [-0.25, -0.2) is 0 Å². The van der Waals surface area contributed by atoms with Gasteiger partial charge in [-0.2, -0.15) is 0 Å². The van der Waals surface area contributed by atoms with Crippen LogP contribution in [0.2, 0.25) is 0 Å². The Morgan fingerprint density at radius 3 is 1.32 bits per heavy atom. The summed E-state index contributed by atoms with van der Waals surface area (Å²) in [5.74, 6) is -0.765. The molecule has 2 heterocycles. The third kappa shape index (κ3) is 7.41. The van der Waals surface area contributed by atoms with E-state index in [0.29, 0.717) is 25.7 Å². The van der Waals surface area contributed by atoms with Crippen LogP contribution in [0.5, 0.6) is 0 Å². The minimum atomic E-state index is -0.640. The molecule has 4 unspecified atom stereocenters. The lowest BCUT2D eigenvalue weighted by atomic mass is 9.85. The molecule has 9 heteroatoms. The predicted octanol–water partition coefficient (Wildman–Crippen LogP) is 10.8. The molecule has 0 saturated heterocycles. The van der Waals surface area contributed by atoms with Gasteiger partial charge in [0.1, 0.15) is 18.3 Å². The maximum atomic E-state index is 13.0. The molecule has 0 fully saturated rings. The van der Waals surface area contributed by atoms with Crippen LogP contribution < -0.4 is 0 Å². The first kappa shape index (κ1) is 36.3. The van der Waals surface area contributed by atoms with Crippen molar-refractivity contribution in [2.75, 3.05) is 0 Å². The Kier molecular flexibility index (Phi) is 9.59. The fraction of sp³-hybridized carbons (Fsp3) is 0.488. The molecule has 0 spiro atoms. The van der Waals surface area contributed by atoms with Crippen LogP contribution >= 0.6 is 22.7 Å². The van der Waals surface area contributed by atoms with Crippen molar-refractivity contribution in [3.8, 4) is 20.9 Å². The third-order valence-electron chi connectivity index (χ3n) is 9.33. The van der Waals surface area contributed by atoms with Crippen LogP contribution in [-0.4, -0.2) is 23.0 Å². The van der Waals surface area contributed by atoms with Gasteiger partial charge in [0, 0.05) is 19.2 Å². The van der Waals surface area contributed by atoms with Crippen molar-refractivity contribution in [2.45, 2.75) is 112 Å². The number of hydrogen-bond donors (Lipinski definition) is 1. The Morgan fingerprint density at radius 1 is 0.540 bits per heavy atom. The molecule has 0 bridgehead atoms. The molecule has 0 amide bonds. The first-order valence-electron chi connectivity index (χ1n) is 17.4. The molecule has 2 aliphatic carbocycles. The Labute approximate surface area is 303 Å². The second kappa shape index (κ2) is 13.2. The Hall–Kier alpha value is -3.53. The second-order valence-electron chi connectivity index (χ2n) is 16.7. The van der Waals surface area contributed by atoms with E-state index in [-0.39, 0.29) is 24.0 Å². The molecular weight excluding hydrogens is 669 g/mol. The Balaban J connectivity index is 1.30. The van der Waals surface area contributed by atoms with Gasteiger partial charge >= 0.3 is 17.9 Å². The van der Waals surface area contributed by atoms with E-state index in [1.165, 1.54) is 0 Å². The number of aliphatic hydroxyl groups excluding tert-OH is 1. The molecule has 4 aromatic rings. The molecular formula is C41H48O7S2. The summed E-state index contributed by atoms with van der Waals surface area (Å²) in [6.45, 7) is 16.6. The Bertz CT molecular complexity index is 1910. The van der Waals surface area contributed by atoms with Crippen LogP contribution in [0, 0.1) is 16.2 Å². The molecule has 0 radical (unpaired) electrons. The fourth-order valence-corrected chi connectivity index (χ4v) is 8.64. The van der Waals surface area contributed by atoms with Gasteiger partial charge in [0.25, 0.3) is 0 Å². The standard InChI is InChI=1S/C41H48O7S2/c1-39(2,3)36(43)46-29-16-17-31(48-38(45)41(7,8)9)27-19-23(11-13-25(27)29)33-21-35-34(50-33)20-32(49-35)22-10-12-24-26(18-22)30(15-14-28(24)42)47-37(44)40(4,5)6/h10-13,18-21,28-31,42H,14-17H2,1-9H3. The van der Waals surface area contributed by atoms with E-state index in [1.807, 2.05) is 80.5 Å². The van der Waals surface area contributed by atoms with E-state index in [2.05, 4.69) is 30.3 Å². The number of rotatable bonds is 5. The van der Waals surface area contributed by atoms with Gasteiger partial charge in [0.05, 0.1) is 22.3 Å². The molecule has 0 saturated carbocycles. The summed E-state index contributed by atoms with van der Waals surface area (Å²) in [4.78, 5) is 40.8. The maximum absolute atomic E-state index is 13.0. The fourth-order valence-electron chi connectivity index (χ4n) is 6.25. The molecule has 266 valence electrons. The number of ether oxygens (including phenoxy) is 3. The minimum absolute atomic E-state index is 0.248. The van der Waals surface area contributed by atoms with Gasteiger partial charge in [-0.15, -0.1) is 22.7 Å². The van der Waals surface area contributed by atoms with Crippen molar-refractivity contribution in [2.24, 2.45) is 16.2 Å². The smallest absolute Gasteiger partial charge is 0.311 e. The number of benzene rings is 2. The molecule has 0 aliphatic heterocycles. The number of carbonyl (C=O) groups is 3. The normalized spacial score (nSPS) is 20.9. The SMILES string of the molecule is CC(C)(C)C(=O)OC1CCC(O)c2ccc(-c3cc4sc(-c5ccc6c(c5)C(OC(=O)C(C)(C)C)CCC6OC(=O)C(C)(C)C)cc4s3)cc21. The summed E-state index contributed by atoms with van der Waals surface area (Å²) in [5, 5.41) is 10.7. The van der Waals surface area contributed by atoms with Crippen LogP contribution in [0.3, 0.4) is 0 Å². The van der Waals surface area contributed by atoms with E-state index in [4.69, 9.17) is 14.2 Å². The molecule has 2 aromatic carbocycles. The zero-order chi connectivity index (χ0) is 36.3. The van der Waals surface area contributed by atoms with E-state index < -0.39 is 34.6 Å². The maximum Gasteiger partial charge on any atom is 0.311 e. The predicted molar refractivity (Wildman–Crippen MR) is 199 cm³/mol. The Morgan fingerprint density at radius 2 is 0.900 bits per heavy atom. The van der Waals surface area contributed by atoms with Crippen LogP contribution in [0.1, 0.15) is 135 Å². The van der Waals surface area contributed by atoms with E-state index in [1.54, 1.807) is 22.7 Å². The number of thiophene rings is 2. The van der Waals surface area contributed by atoms with E-state index in [9.17, 15) is 19.5 Å². The lowest BCUT2D eigenvalue weighted by molar-refractivity contribution is -0.165. The molecule has 4 atom stereocenters. The summed E-state index contributed by atoms with van der Waals surface area (Å²) >= 11 is 3.40. The third-order valence-corrected chi connectivity index (χ3v) is 11.7. The summed E-state index contributed by atoms with van der Waals surface area (Å²) in [5.41, 5.74) is 3.63. The number of esters is 3.